The van der Waals surface area contributed by atoms with Gasteiger partial charge < -0.3 is 35.6 Å². The zero-order valence-electron chi connectivity index (χ0n) is 10.9. The Bertz CT molecular complexity index is 322. The molecule has 6 N–H and O–H groups in total. The van der Waals surface area contributed by atoms with Gasteiger partial charge in [0.15, 0.2) is 5.79 Å². The zero-order chi connectivity index (χ0) is 14.8. The maximum absolute atomic E-state index is 11.1. The van der Waals surface area contributed by atoms with Crippen LogP contribution in [0, 0.1) is 0 Å². The molecule has 0 aromatic carbocycles. The summed E-state index contributed by atoms with van der Waals surface area (Å²) in [6.45, 7) is 1.81. The van der Waals surface area contributed by atoms with Gasteiger partial charge >= 0.3 is 0 Å². The summed E-state index contributed by atoms with van der Waals surface area (Å²) in [4.78, 5) is 11.1. The molecule has 0 aromatic rings. The first-order chi connectivity index (χ1) is 8.68. The quantitative estimate of drug-likeness (QED) is 0.323. The highest BCUT2D eigenvalue weighted by molar-refractivity contribution is 5.73. The van der Waals surface area contributed by atoms with Crippen molar-refractivity contribution >= 4 is 5.91 Å². The number of carbonyl (C=O) groups excluding carboxylic acids is 1. The Hall–Kier alpha value is -0.770. The normalized spacial score (nSPS) is 38.6. The van der Waals surface area contributed by atoms with Crippen molar-refractivity contribution in [3.8, 4) is 0 Å². The molecule has 1 saturated heterocycles. The molecule has 1 aliphatic heterocycles. The standard InChI is InChI=1S/C11H21NO7/c1-5(14)12-8-6(15)3-11(2,18)19-10(8)9(17)7(16)4-13/h6-10,13,15-18H,3-4H2,1-2H3,(H,12,14). The summed E-state index contributed by atoms with van der Waals surface area (Å²) >= 11 is 0. The summed E-state index contributed by atoms with van der Waals surface area (Å²) in [7, 11) is 0. The van der Waals surface area contributed by atoms with E-state index in [1.807, 2.05) is 0 Å². The van der Waals surface area contributed by atoms with Gasteiger partial charge in [-0.25, -0.2) is 0 Å². The molecular formula is C11H21NO7. The molecule has 0 saturated carbocycles. The molecule has 6 atom stereocenters. The number of nitrogens with one attached hydrogen (secondary N) is 1. The molecule has 112 valence electrons. The van der Waals surface area contributed by atoms with Gasteiger partial charge in [-0.3, -0.25) is 4.79 Å². The second-order valence-electron chi connectivity index (χ2n) is 5.00. The lowest BCUT2D eigenvalue weighted by atomic mass is 9.89. The maximum Gasteiger partial charge on any atom is 0.217 e. The van der Waals surface area contributed by atoms with E-state index < -0.39 is 48.8 Å². The van der Waals surface area contributed by atoms with Gasteiger partial charge in [-0.15, -0.1) is 0 Å². The Morgan fingerprint density at radius 1 is 1.53 bits per heavy atom. The van der Waals surface area contributed by atoms with Gasteiger partial charge in [0, 0.05) is 13.3 Å². The first-order valence-electron chi connectivity index (χ1n) is 6.00. The van der Waals surface area contributed by atoms with Crippen LogP contribution in [0.2, 0.25) is 0 Å². The lowest BCUT2D eigenvalue weighted by Gasteiger charge is -2.45. The first kappa shape index (κ1) is 16.3. The largest absolute Gasteiger partial charge is 0.394 e. The molecule has 1 fully saturated rings. The summed E-state index contributed by atoms with van der Waals surface area (Å²) < 4.78 is 5.20. The molecule has 1 rings (SSSR count). The van der Waals surface area contributed by atoms with Crippen LogP contribution in [0.1, 0.15) is 20.3 Å². The smallest absolute Gasteiger partial charge is 0.217 e. The van der Waals surface area contributed by atoms with Crippen molar-refractivity contribution in [2.75, 3.05) is 6.61 Å². The molecule has 0 radical (unpaired) electrons. The van der Waals surface area contributed by atoms with Crippen LogP contribution in [-0.2, 0) is 9.53 Å². The molecule has 6 unspecified atom stereocenters. The van der Waals surface area contributed by atoms with Crippen molar-refractivity contribution in [1.29, 1.82) is 0 Å². The fourth-order valence-electron chi connectivity index (χ4n) is 2.17. The average Bonchev–Trinajstić information content (AvgIpc) is 2.29. The van der Waals surface area contributed by atoms with Gasteiger partial charge in [0.25, 0.3) is 0 Å². The third-order valence-electron chi connectivity index (χ3n) is 3.03. The number of rotatable bonds is 4. The van der Waals surface area contributed by atoms with Crippen LogP contribution >= 0.6 is 0 Å². The van der Waals surface area contributed by atoms with Gasteiger partial charge in [-0.05, 0) is 6.92 Å². The minimum atomic E-state index is -1.70. The fraction of sp³-hybridized carbons (Fsp3) is 0.909. The Morgan fingerprint density at radius 3 is 2.58 bits per heavy atom. The summed E-state index contributed by atoms with van der Waals surface area (Å²) in [5, 5.41) is 50.3. The SMILES string of the molecule is CC(=O)NC1C(O)CC(C)(O)OC1C(O)C(O)CO. The topological polar surface area (TPSA) is 139 Å². The summed E-state index contributed by atoms with van der Waals surface area (Å²) in [5.41, 5.74) is 0. The average molecular weight is 279 g/mol. The van der Waals surface area contributed by atoms with Crippen LogP contribution in [0.5, 0.6) is 0 Å². The van der Waals surface area contributed by atoms with Gasteiger partial charge in [-0.1, -0.05) is 0 Å². The predicted molar refractivity (Wildman–Crippen MR) is 62.8 cm³/mol. The fourth-order valence-corrected chi connectivity index (χ4v) is 2.17. The highest BCUT2D eigenvalue weighted by Gasteiger charge is 2.47. The van der Waals surface area contributed by atoms with E-state index in [1.54, 1.807) is 0 Å². The lowest BCUT2D eigenvalue weighted by molar-refractivity contribution is -0.292. The van der Waals surface area contributed by atoms with Gasteiger partial charge in [-0.2, -0.15) is 0 Å². The van der Waals surface area contributed by atoms with Crippen LogP contribution in [0.15, 0.2) is 0 Å². The van der Waals surface area contributed by atoms with Crippen LogP contribution in [0.3, 0.4) is 0 Å². The molecule has 1 aliphatic rings. The molecular weight excluding hydrogens is 258 g/mol. The van der Waals surface area contributed by atoms with Gasteiger partial charge in [0.1, 0.15) is 18.3 Å². The number of aliphatic hydroxyl groups excluding tert-OH is 4. The number of hydrogen-bond acceptors (Lipinski definition) is 7. The summed E-state index contributed by atoms with van der Waals surface area (Å²) in [6, 6.07) is -0.992. The third kappa shape index (κ3) is 4.10. The highest BCUT2D eigenvalue weighted by atomic mass is 16.6. The molecule has 0 aromatic heterocycles. The van der Waals surface area contributed by atoms with Crippen molar-refractivity contribution in [3.63, 3.8) is 0 Å². The van der Waals surface area contributed by atoms with E-state index in [0.717, 1.165) is 0 Å². The molecule has 19 heavy (non-hydrogen) atoms. The Morgan fingerprint density at radius 2 is 2.11 bits per heavy atom. The second kappa shape index (κ2) is 6.12. The Balaban J connectivity index is 2.93. The lowest BCUT2D eigenvalue weighted by Crippen LogP contribution is -2.65. The maximum atomic E-state index is 11.1. The van der Waals surface area contributed by atoms with Gasteiger partial charge in [0.2, 0.25) is 5.91 Å². The zero-order valence-corrected chi connectivity index (χ0v) is 10.9. The minimum absolute atomic E-state index is 0.156. The minimum Gasteiger partial charge on any atom is -0.394 e. The number of amides is 1. The second-order valence-corrected chi connectivity index (χ2v) is 5.00. The van der Waals surface area contributed by atoms with E-state index in [0.29, 0.717) is 0 Å². The van der Waals surface area contributed by atoms with E-state index in [-0.39, 0.29) is 6.42 Å². The molecule has 0 bridgehead atoms. The van der Waals surface area contributed by atoms with E-state index in [9.17, 15) is 25.2 Å². The van der Waals surface area contributed by atoms with E-state index in [1.165, 1.54) is 13.8 Å². The Kier molecular flexibility index (Phi) is 5.25. The van der Waals surface area contributed by atoms with Crippen molar-refractivity contribution < 1.29 is 35.1 Å². The van der Waals surface area contributed by atoms with E-state index in [4.69, 9.17) is 9.84 Å². The first-order valence-corrected chi connectivity index (χ1v) is 6.00. The summed E-state index contributed by atoms with van der Waals surface area (Å²) in [6.07, 6.45) is -5.63. The predicted octanol–water partition coefficient (Wildman–Crippen LogP) is -2.94. The van der Waals surface area contributed by atoms with Crippen LogP contribution in [0.4, 0.5) is 0 Å². The molecule has 8 nitrogen and oxygen atoms in total. The molecule has 1 heterocycles. The summed E-state index contributed by atoms with van der Waals surface area (Å²) in [5.74, 6) is -2.15. The van der Waals surface area contributed by atoms with Crippen molar-refractivity contribution in [2.45, 2.75) is 56.5 Å². The van der Waals surface area contributed by atoms with E-state index in [2.05, 4.69) is 5.32 Å². The molecule has 1 amide bonds. The van der Waals surface area contributed by atoms with E-state index >= 15 is 0 Å². The molecule has 8 heteroatoms. The molecule has 0 aliphatic carbocycles. The number of carbonyl (C=O) groups is 1. The highest BCUT2D eigenvalue weighted by Crippen LogP contribution is 2.29. The van der Waals surface area contributed by atoms with Crippen molar-refractivity contribution in [1.82, 2.24) is 5.32 Å². The van der Waals surface area contributed by atoms with Crippen LogP contribution < -0.4 is 5.32 Å². The van der Waals surface area contributed by atoms with Gasteiger partial charge in [0.05, 0.1) is 18.8 Å². The monoisotopic (exact) mass is 279 g/mol. The number of aliphatic hydroxyl groups is 5. The van der Waals surface area contributed by atoms with Crippen molar-refractivity contribution in [3.05, 3.63) is 0 Å². The van der Waals surface area contributed by atoms with Crippen LogP contribution in [-0.4, -0.2) is 74.3 Å². The molecule has 0 spiro atoms. The Labute approximate surface area is 110 Å². The number of hydrogen-bond donors (Lipinski definition) is 6. The number of ether oxygens (including phenoxy) is 1. The van der Waals surface area contributed by atoms with Crippen LogP contribution in [0.25, 0.3) is 0 Å². The third-order valence-corrected chi connectivity index (χ3v) is 3.03. The van der Waals surface area contributed by atoms with Crippen molar-refractivity contribution in [2.24, 2.45) is 0 Å².